The van der Waals surface area contributed by atoms with Crippen LogP contribution in [0.4, 0.5) is 0 Å². The molecule has 0 radical (unpaired) electrons. The van der Waals surface area contributed by atoms with Crippen LogP contribution in [0.3, 0.4) is 0 Å². The van der Waals surface area contributed by atoms with Crippen LogP contribution in [-0.4, -0.2) is 27.1 Å². The number of ether oxygens (including phenoxy) is 1. The highest BCUT2D eigenvalue weighted by Crippen LogP contribution is 2.24. The van der Waals surface area contributed by atoms with Crippen LogP contribution in [0.2, 0.25) is 0 Å². The summed E-state index contributed by atoms with van der Waals surface area (Å²) in [7, 11) is 0. The van der Waals surface area contributed by atoms with Gasteiger partial charge < -0.3 is 14.8 Å². The van der Waals surface area contributed by atoms with E-state index in [2.05, 4.69) is 9.97 Å². The van der Waals surface area contributed by atoms with E-state index in [1.807, 2.05) is 13.8 Å². The van der Waals surface area contributed by atoms with Gasteiger partial charge in [-0.2, -0.15) is 0 Å². The van der Waals surface area contributed by atoms with Crippen molar-refractivity contribution in [3.63, 3.8) is 0 Å². The molecule has 0 unspecified atom stereocenters. The standard InChI is InChI=1S/C11H12N2O3/c1-6(2)16-9-3-4-12-7-5-8(11(14)15)13-10(7)9/h3-6,13H,1-2H3,(H,14,15). The maximum absolute atomic E-state index is 10.8. The number of aromatic carboxylic acids is 1. The van der Waals surface area contributed by atoms with E-state index in [0.29, 0.717) is 16.8 Å². The molecule has 0 saturated carbocycles. The number of rotatable bonds is 3. The van der Waals surface area contributed by atoms with E-state index in [1.165, 1.54) is 6.07 Å². The van der Waals surface area contributed by atoms with Gasteiger partial charge in [-0.1, -0.05) is 0 Å². The molecule has 5 heteroatoms. The first kappa shape index (κ1) is 10.5. The molecule has 84 valence electrons. The van der Waals surface area contributed by atoms with Crippen molar-refractivity contribution in [3.8, 4) is 5.75 Å². The van der Waals surface area contributed by atoms with E-state index in [0.717, 1.165) is 0 Å². The largest absolute Gasteiger partial charge is 0.489 e. The van der Waals surface area contributed by atoms with Crippen LogP contribution in [0.15, 0.2) is 18.3 Å². The number of fused-ring (bicyclic) bond motifs is 1. The smallest absolute Gasteiger partial charge is 0.352 e. The van der Waals surface area contributed by atoms with Gasteiger partial charge in [0.15, 0.2) is 0 Å². The second-order valence-electron chi connectivity index (χ2n) is 3.72. The zero-order valence-corrected chi connectivity index (χ0v) is 9.02. The number of aromatic amines is 1. The summed E-state index contributed by atoms with van der Waals surface area (Å²) in [6, 6.07) is 3.20. The number of nitrogens with one attached hydrogen (secondary N) is 1. The lowest BCUT2D eigenvalue weighted by molar-refractivity contribution is 0.0691. The minimum absolute atomic E-state index is 0.0298. The summed E-state index contributed by atoms with van der Waals surface area (Å²) >= 11 is 0. The molecule has 0 bridgehead atoms. The van der Waals surface area contributed by atoms with Gasteiger partial charge in [0.05, 0.1) is 11.6 Å². The molecule has 0 amide bonds. The first-order chi connectivity index (χ1) is 7.58. The van der Waals surface area contributed by atoms with Gasteiger partial charge in [-0.15, -0.1) is 0 Å². The van der Waals surface area contributed by atoms with Crippen molar-refractivity contribution < 1.29 is 14.6 Å². The highest BCUT2D eigenvalue weighted by atomic mass is 16.5. The van der Waals surface area contributed by atoms with Gasteiger partial charge in [-0.3, -0.25) is 4.98 Å². The predicted molar refractivity (Wildman–Crippen MR) is 58.8 cm³/mol. The van der Waals surface area contributed by atoms with E-state index in [4.69, 9.17) is 9.84 Å². The molecule has 0 aliphatic rings. The minimum atomic E-state index is -1.01. The van der Waals surface area contributed by atoms with Gasteiger partial charge in [0.1, 0.15) is 17.0 Å². The van der Waals surface area contributed by atoms with E-state index in [-0.39, 0.29) is 11.8 Å². The van der Waals surface area contributed by atoms with Crippen molar-refractivity contribution in [2.75, 3.05) is 0 Å². The van der Waals surface area contributed by atoms with Gasteiger partial charge in [0.25, 0.3) is 0 Å². The SMILES string of the molecule is CC(C)Oc1ccnc2cc(C(=O)O)[nH]c12. The van der Waals surface area contributed by atoms with E-state index in [1.54, 1.807) is 12.3 Å². The summed E-state index contributed by atoms with van der Waals surface area (Å²) in [5.74, 6) is -0.388. The van der Waals surface area contributed by atoms with Crippen molar-refractivity contribution in [3.05, 3.63) is 24.0 Å². The molecule has 0 aliphatic heterocycles. The van der Waals surface area contributed by atoms with Gasteiger partial charge in [-0.05, 0) is 19.9 Å². The molecule has 2 N–H and O–H groups in total. The van der Waals surface area contributed by atoms with Crippen LogP contribution >= 0.6 is 0 Å². The number of carboxylic acids is 1. The number of pyridine rings is 1. The second kappa shape index (κ2) is 3.84. The number of nitrogens with zero attached hydrogens (tertiary/aromatic N) is 1. The number of carbonyl (C=O) groups is 1. The van der Waals surface area contributed by atoms with Gasteiger partial charge in [0.2, 0.25) is 0 Å². The lowest BCUT2D eigenvalue weighted by atomic mass is 10.3. The van der Waals surface area contributed by atoms with E-state index < -0.39 is 5.97 Å². The number of carboxylic acid groups (broad SMARTS) is 1. The van der Waals surface area contributed by atoms with Crippen molar-refractivity contribution in [1.29, 1.82) is 0 Å². The zero-order valence-electron chi connectivity index (χ0n) is 9.02. The third kappa shape index (κ3) is 1.84. The minimum Gasteiger partial charge on any atom is -0.489 e. The molecule has 0 atom stereocenters. The Morgan fingerprint density at radius 1 is 1.56 bits per heavy atom. The number of H-pyrrole nitrogens is 1. The molecular formula is C11H12N2O3. The Hall–Kier alpha value is -2.04. The Balaban J connectivity index is 2.54. The van der Waals surface area contributed by atoms with Crippen molar-refractivity contribution in [2.45, 2.75) is 20.0 Å². The molecule has 16 heavy (non-hydrogen) atoms. The fraction of sp³-hybridized carbons (Fsp3) is 0.273. The van der Waals surface area contributed by atoms with Crippen LogP contribution in [-0.2, 0) is 0 Å². The van der Waals surface area contributed by atoms with Gasteiger partial charge in [-0.25, -0.2) is 4.79 Å². The summed E-state index contributed by atoms with van der Waals surface area (Å²) < 4.78 is 5.56. The molecule has 0 aliphatic carbocycles. The molecule has 2 heterocycles. The molecule has 2 rings (SSSR count). The normalized spacial score (nSPS) is 10.9. The van der Waals surface area contributed by atoms with Crippen molar-refractivity contribution in [2.24, 2.45) is 0 Å². The van der Waals surface area contributed by atoms with Gasteiger partial charge in [0, 0.05) is 12.3 Å². The van der Waals surface area contributed by atoms with Crippen molar-refractivity contribution >= 4 is 17.0 Å². The van der Waals surface area contributed by atoms with Gasteiger partial charge >= 0.3 is 5.97 Å². The Morgan fingerprint density at radius 3 is 2.94 bits per heavy atom. The first-order valence-electron chi connectivity index (χ1n) is 4.95. The monoisotopic (exact) mass is 220 g/mol. The predicted octanol–water partition coefficient (Wildman–Crippen LogP) is 2.05. The molecule has 0 fully saturated rings. The zero-order chi connectivity index (χ0) is 11.7. The van der Waals surface area contributed by atoms with Crippen LogP contribution < -0.4 is 4.74 Å². The lowest BCUT2D eigenvalue weighted by Gasteiger charge is -2.09. The van der Waals surface area contributed by atoms with Crippen LogP contribution in [0.5, 0.6) is 5.75 Å². The Labute approximate surface area is 92.1 Å². The third-order valence-corrected chi connectivity index (χ3v) is 2.08. The Kier molecular flexibility index (Phi) is 2.52. The van der Waals surface area contributed by atoms with E-state index in [9.17, 15) is 4.79 Å². The molecule has 0 aromatic carbocycles. The maximum atomic E-state index is 10.8. The lowest BCUT2D eigenvalue weighted by Crippen LogP contribution is -2.06. The highest BCUT2D eigenvalue weighted by Gasteiger charge is 2.12. The van der Waals surface area contributed by atoms with E-state index >= 15 is 0 Å². The molecule has 0 spiro atoms. The topological polar surface area (TPSA) is 75.2 Å². The summed E-state index contributed by atoms with van der Waals surface area (Å²) in [5, 5.41) is 8.86. The van der Waals surface area contributed by atoms with Crippen LogP contribution in [0.1, 0.15) is 24.3 Å². The summed E-state index contributed by atoms with van der Waals surface area (Å²) in [6.45, 7) is 3.82. The molecule has 2 aromatic heterocycles. The number of hydrogen-bond acceptors (Lipinski definition) is 3. The maximum Gasteiger partial charge on any atom is 0.352 e. The van der Waals surface area contributed by atoms with Crippen molar-refractivity contribution in [1.82, 2.24) is 9.97 Å². The van der Waals surface area contributed by atoms with Crippen LogP contribution in [0.25, 0.3) is 11.0 Å². The fourth-order valence-corrected chi connectivity index (χ4v) is 1.47. The first-order valence-corrected chi connectivity index (χ1v) is 4.95. The molecule has 2 aromatic rings. The Morgan fingerprint density at radius 2 is 2.31 bits per heavy atom. The molecular weight excluding hydrogens is 208 g/mol. The molecule has 5 nitrogen and oxygen atoms in total. The van der Waals surface area contributed by atoms with Crippen LogP contribution in [0, 0.1) is 0 Å². The summed E-state index contributed by atoms with van der Waals surface area (Å²) in [6.07, 6.45) is 1.63. The summed E-state index contributed by atoms with van der Waals surface area (Å²) in [5.41, 5.74) is 1.33. The Bertz CT molecular complexity index is 531. The highest BCUT2D eigenvalue weighted by molar-refractivity contribution is 5.94. The summed E-state index contributed by atoms with van der Waals surface area (Å²) in [4.78, 5) is 17.7. The molecule has 0 saturated heterocycles. The quantitative estimate of drug-likeness (QED) is 0.830. The third-order valence-electron chi connectivity index (χ3n) is 2.08. The average Bonchev–Trinajstić information content (AvgIpc) is 2.61. The number of hydrogen-bond donors (Lipinski definition) is 2. The second-order valence-corrected chi connectivity index (χ2v) is 3.72. The number of aromatic nitrogens is 2. The average molecular weight is 220 g/mol. The fourth-order valence-electron chi connectivity index (χ4n) is 1.47.